The summed E-state index contributed by atoms with van der Waals surface area (Å²) in [5.74, 6) is -0.989. The summed E-state index contributed by atoms with van der Waals surface area (Å²) in [7, 11) is 0. The van der Waals surface area contributed by atoms with Gasteiger partial charge in [0.2, 0.25) is 0 Å². The molecule has 0 aromatic rings. The lowest BCUT2D eigenvalue weighted by molar-refractivity contribution is -0.166. The van der Waals surface area contributed by atoms with Gasteiger partial charge in [-0.05, 0) is 89.9 Å². The number of carbonyl (C=O) groups excluding carboxylic acids is 3. The fraction of sp³-hybridized carbons (Fsp3) is 0.698. The van der Waals surface area contributed by atoms with E-state index in [4.69, 9.17) is 14.2 Å². The Labute approximate surface area is 426 Å². The van der Waals surface area contributed by atoms with E-state index in [0.717, 1.165) is 83.5 Å². The maximum Gasteiger partial charge on any atom is 0.306 e. The van der Waals surface area contributed by atoms with E-state index in [1.165, 1.54) is 135 Å². The molecule has 0 radical (unpaired) electrons. The van der Waals surface area contributed by atoms with Crippen molar-refractivity contribution in [2.75, 3.05) is 13.2 Å². The van der Waals surface area contributed by atoms with Gasteiger partial charge in [0, 0.05) is 19.3 Å². The van der Waals surface area contributed by atoms with E-state index in [0.29, 0.717) is 19.3 Å². The Bertz CT molecular complexity index is 1380. The highest BCUT2D eigenvalue weighted by Crippen LogP contribution is 2.15. The van der Waals surface area contributed by atoms with Gasteiger partial charge in [0.15, 0.2) is 6.10 Å². The van der Waals surface area contributed by atoms with Crippen LogP contribution < -0.4 is 0 Å². The maximum atomic E-state index is 12.9. The Morgan fingerprint density at radius 3 is 1.00 bits per heavy atom. The first-order valence-corrected chi connectivity index (χ1v) is 28.7. The fourth-order valence-electron chi connectivity index (χ4n) is 7.79. The lowest BCUT2D eigenvalue weighted by atomic mass is 10.0. The molecule has 0 amide bonds. The van der Waals surface area contributed by atoms with Crippen LogP contribution in [0.4, 0.5) is 0 Å². The van der Waals surface area contributed by atoms with E-state index in [1.807, 2.05) is 6.08 Å². The molecule has 0 N–H and O–H groups in total. The van der Waals surface area contributed by atoms with E-state index in [1.54, 1.807) is 0 Å². The zero-order valence-corrected chi connectivity index (χ0v) is 45.0. The number of hydrogen-bond acceptors (Lipinski definition) is 6. The number of esters is 3. The highest BCUT2D eigenvalue weighted by molar-refractivity contribution is 5.71. The van der Waals surface area contributed by atoms with E-state index < -0.39 is 6.10 Å². The van der Waals surface area contributed by atoms with Crippen molar-refractivity contribution < 1.29 is 28.6 Å². The Hall–Kier alpha value is -3.67. The third-order valence-corrected chi connectivity index (χ3v) is 12.1. The van der Waals surface area contributed by atoms with Crippen molar-refractivity contribution in [2.45, 2.75) is 271 Å². The molecule has 0 spiro atoms. The van der Waals surface area contributed by atoms with Crippen LogP contribution in [0.25, 0.3) is 0 Å². The minimum atomic E-state index is -0.810. The van der Waals surface area contributed by atoms with Gasteiger partial charge in [0.25, 0.3) is 0 Å². The zero-order valence-electron chi connectivity index (χ0n) is 45.0. The molecule has 0 aliphatic carbocycles. The lowest BCUT2D eigenvalue weighted by Crippen LogP contribution is -2.30. The lowest BCUT2D eigenvalue weighted by Gasteiger charge is -2.18. The van der Waals surface area contributed by atoms with Crippen LogP contribution in [-0.2, 0) is 28.6 Å². The molecule has 6 heteroatoms. The van der Waals surface area contributed by atoms with Gasteiger partial charge in [-0.1, -0.05) is 253 Å². The van der Waals surface area contributed by atoms with E-state index in [-0.39, 0.29) is 37.5 Å². The molecule has 0 heterocycles. The van der Waals surface area contributed by atoms with Crippen LogP contribution in [-0.4, -0.2) is 37.2 Å². The molecule has 1 atom stereocenters. The van der Waals surface area contributed by atoms with Crippen molar-refractivity contribution in [2.24, 2.45) is 0 Å². The molecule has 0 saturated carbocycles. The predicted molar refractivity (Wildman–Crippen MR) is 297 cm³/mol. The standard InChI is InChI=1S/C63H106O6/c1-4-7-10-13-16-19-22-25-27-29-31-33-35-38-41-44-47-50-53-56-62(65)68-59-60(58-67-61(64)55-52-49-46-43-40-37-24-21-18-15-12-9-6-3)69-63(66)57-54-51-48-45-42-39-36-34-32-30-28-26-23-20-17-14-11-8-5-2/h7,10,16-17,19-20,25-28,31,33,38,41,47,50,60H,4-6,8-9,11-15,18,21-24,29-30,32,34-37,39-40,42-46,48-49,51-59H2,1-3H3/b10-7-,19-16-,20-17-,27-25-,28-26-,33-31-,41-38-,50-47-. The predicted octanol–water partition coefficient (Wildman–Crippen LogP) is 19.3. The molecule has 0 aromatic heterocycles. The summed E-state index contributed by atoms with van der Waals surface area (Å²) in [6, 6.07) is 0. The second-order valence-electron chi connectivity index (χ2n) is 18.8. The summed E-state index contributed by atoms with van der Waals surface area (Å²) < 4.78 is 16.8. The molecule has 0 rings (SSSR count). The van der Waals surface area contributed by atoms with Gasteiger partial charge in [0.05, 0.1) is 0 Å². The van der Waals surface area contributed by atoms with Crippen LogP contribution in [0.15, 0.2) is 97.2 Å². The first-order valence-electron chi connectivity index (χ1n) is 28.7. The van der Waals surface area contributed by atoms with Crippen LogP contribution >= 0.6 is 0 Å². The number of unbranched alkanes of at least 4 members (excludes halogenated alkanes) is 24. The minimum Gasteiger partial charge on any atom is -0.462 e. The molecular formula is C63H106O6. The van der Waals surface area contributed by atoms with Crippen LogP contribution in [0, 0.1) is 0 Å². The van der Waals surface area contributed by atoms with Crippen LogP contribution in [0.5, 0.6) is 0 Å². The van der Waals surface area contributed by atoms with E-state index in [9.17, 15) is 14.4 Å². The Morgan fingerprint density at radius 1 is 0.304 bits per heavy atom. The highest BCUT2D eigenvalue weighted by Gasteiger charge is 2.19. The monoisotopic (exact) mass is 959 g/mol. The van der Waals surface area contributed by atoms with Crippen LogP contribution in [0.3, 0.4) is 0 Å². The van der Waals surface area contributed by atoms with Gasteiger partial charge >= 0.3 is 17.9 Å². The zero-order chi connectivity index (χ0) is 50.0. The molecule has 0 aromatic carbocycles. The fourth-order valence-corrected chi connectivity index (χ4v) is 7.79. The number of hydrogen-bond donors (Lipinski definition) is 0. The summed E-state index contributed by atoms with van der Waals surface area (Å²) in [5.41, 5.74) is 0. The molecule has 0 aliphatic heterocycles. The minimum absolute atomic E-state index is 0.101. The normalized spacial score (nSPS) is 12.8. The van der Waals surface area contributed by atoms with Crippen molar-refractivity contribution in [3.63, 3.8) is 0 Å². The average Bonchev–Trinajstić information content (AvgIpc) is 3.35. The Balaban J connectivity index is 4.48. The Kier molecular flexibility index (Phi) is 53.9. The van der Waals surface area contributed by atoms with Gasteiger partial charge in [-0.25, -0.2) is 0 Å². The molecule has 0 saturated heterocycles. The summed E-state index contributed by atoms with van der Waals surface area (Å²) in [5, 5.41) is 0. The molecule has 1 unspecified atom stereocenters. The second-order valence-corrected chi connectivity index (χ2v) is 18.8. The van der Waals surface area contributed by atoms with Crippen molar-refractivity contribution in [1.82, 2.24) is 0 Å². The summed E-state index contributed by atoms with van der Waals surface area (Å²) in [4.78, 5) is 38.1. The molecule has 69 heavy (non-hydrogen) atoms. The molecule has 0 bridgehead atoms. The molecule has 0 fully saturated rings. The van der Waals surface area contributed by atoms with Crippen molar-refractivity contribution in [3.8, 4) is 0 Å². The number of ether oxygens (including phenoxy) is 3. The number of rotatable bonds is 51. The smallest absolute Gasteiger partial charge is 0.306 e. The summed E-state index contributed by atoms with van der Waals surface area (Å²) in [6.45, 7) is 6.44. The summed E-state index contributed by atoms with van der Waals surface area (Å²) in [6.07, 6.45) is 75.5. The van der Waals surface area contributed by atoms with Gasteiger partial charge in [0.1, 0.15) is 13.2 Å². The largest absolute Gasteiger partial charge is 0.462 e. The maximum absolute atomic E-state index is 12.9. The van der Waals surface area contributed by atoms with Crippen molar-refractivity contribution >= 4 is 17.9 Å². The van der Waals surface area contributed by atoms with E-state index in [2.05, 4.69) is 112 Å². The highest BCUT2D eigenvalue weighted by atomic mass is 16.6. The SMILES string of the molecule is CC/C=C\C/C=C\C/C=C\C/C=C\C/C=C\C/C=C\CCC(=O)OCC(COC(=O)CCCCCCCCCCCCCCC)OC(=O)CCCCCCCCCCC/C=C\C/C=C\CCCCC. The molecule has 6 nitrogen and oxygen atoms in total. The van der Waals surface area contributed by atoms with Gasteiger partial charge in [-0.3, -0.25) is 14.4 Å². The van der Waals surface area contributed by atoms with Gasteiger partial charge in [-0.2, -0.15) is 0 Å². The third kappa shape index (κ3) is 55.1. The van der Waals surface area contributed by atoms with Crippen molar-refractivity contribution in [1.29, 1.82) is 0 Å². The van der Waals surface area contributed by atoms with Crippen LogP contribution in [0.2, 0.25) is 0 Å². The van der Waals surface area contributed by atoms with Gasteiger partial charge < -0.3 is 14.2 Å². The third-order valence-electron chi connectivity index (χ3n) is 12.1. The van der Waals surface area contributed by atoms with Gasteiger partial charge in [-0.15, -0.1) is 0 Å². The van der Waals surface area contributed by atoms with Crippen molar-refractivity contribution in [3.05, 3.63) is 97.2 Å². The Morgan fingerprint density at radius 2 is 0.594 bits per heavy atom. The quantitative estimate of drug-likeness (QED) is 0.0262. The first-order chi connectivity index (χ1) is 34.0. The van der Waals surface area contributed by atoms with Crippen LogP contribution in [0.1, 0.15) is 265 Å². The average molecular weight is 960 g/mol. The topological polar surface area (TPSA) is 78.9 Å². The second kappa shape index (κ2) is 56.9. The summed E-state index contributed by atoms with van der Waals surface area (Å²) >= 11 is 0. The molecular weight excluding hydrogens is 853 g/mol. The molecule has 394 valence electrons. The molecule has 0 aliphatic rings. The number of carbonyl (C=O) groups is 3. The van der Waals surface area contributed by atoms with E-state index >= 15 is 0 Å². The first kappa shape index (κ1) is 65.3. The number of allylic oxidation sites excluding steroid dienone is 16.